The molecule has 1 aliphatic rings. The van der Waals surface area contributed by atoms with Crippen molar-refractivity contribution in [2.45, 2.75) is 70.2 Å². The van der Waals surface area contributed by atoms with E-state index in [1.807, 2.05) is 0 Å². The second-order valence-electron chi connectivity index (χ2n) is 8.24. The highest BCUT2D eigenvalue weighted by Gasteiger charge is 2.55. The standard InChI is InChI=1S/C21H28F2O6S/c1-4-19(2,3)18(25)28-15-21(22,23)30(26,27)29-20(13-9-6-10-14-20)17(24)16-11-7-5-8-12-16/h5,7-8,11-12H,4,6,9-10,13-15H2,1-3H3. The van der Waals surface area contributed by atoms with Crippen LogP contribution in [0.4, 0.5) is 8.78 Å². The number of ketones is 1. The van der Waals surface area contributed by atoms with E-state index in [1.165, 1.54) is 26.0 Å². The minimum Gasteiger partial charge on any atom is -0.458 e. The van der Waals surface area contributed by atoms with Gasteiger partial charge in [0.2, 0.25) is 0 Å². The van der Waals surface area contributed by atoms with Crippen molar-refractivity contribution in [3.05, 3.63) is 35.9 Å². The van der Waals surface area contributed by atoms with Crippen LogP contribution in [0.1, 0.15) is 69.7 Å². The summed E-state index contributed by atoms with van der Waals surface area (Å²) in [5, 5.41) is -4.49. The quantitative estimate of drug-likeness (QED) is 0.316. The SMILES string of the molecule is CCC(C)(C)C(=O)OCC(F)(F)S(=O)(=O)OC1(C(=O)c2ccccc2)CCCCC1. The third kappa shape index (κ3) is 5.24. The molecule has 0 saturated heterocycles. The summed E-state index contributed by atoms with van der Waals surface area (Å²) in [5.41, 5.74) is -2.74. The number of carbonyl (C=O) groups excluding carboxylic acids is 2. The van der Waals surface area contributed by atoms with E-state index in [1.54, 1.807) is 25.1 Å². The van der Waals surface area contributed by atoms with Crippen LogP contribution in [0.5, 0.6) is 0 Å². The molecular formula is C21H28F2O6S. The normalized spacial score (nSPS) is 17.4. The van der Waals surface area contributed by atoms with Gasteiger partial charge in [-0.2, -0.15) is 17.2 Å². The number of alkyl halides is 2. The Labute approximate surface area is 176 Å². The van der Waals surface area contributed by atoms with Crippen LogP contribution in [0, 0.1) is 5.41 Å². The lowest BCUT2D eigenvalue weighted by atomic mass is 9.79. The van der Waals surface area contributed by atoms with E-state index in [2.05, 4.69) is 4.74 Å². The maximum atomic E-state index is 14.5. The third-order valence-electron chi connectivity index (χ3n) is 5.55. The van der Waals surface area contributed by atoms with Gasteiger partial charge in [-0.15, -0.1) is 0 Å². The summed E-state index contributed by atoms with van der Waals surface area (Å²) in [5.74, 6) is -1.58. The number of Topliss-reactive ketones (excluding diaryl/α,β-unsaturated/α-hetero) is 1. The summed E-state index contributed by atoms with van der Waals surface area (Å²) >= 11 is 0. The summed E-state index contributed by atoms with van der Waals surface area (Å²) in [6.45, 7) is 3.02. The van der Waals surface area contributed by atoms with E-state index in [-0.39, 0.29) is 18.4 Å². The van der Waals surface area contributed by atoms with Gasteiger partial charge in [-0.1, -0.05) is 56.5 Å². The van der Waals surface area contributed by atoms with Crippen LogP contribution in [0.15, 0.2) is 30.3 Å². The highest BCUT2D eigenvalue weighted by molar-refractivity contribution is 7.87. The Hall–Kier alpha value is -1.87. The van der Waals surface area contributed by atoms with E-state index < -0.39 is 44.7 Å². The number of esters is 1. The summed E-state index contributed by atoms with van der Waals surface area (Å²) < 4.78 is 63.6. The minimum atomic E-state index is -5.55. The van der Waals surface area contributed by atoms with Gasteiger partial charge in [-0.25, -0.2) is 0 Å². The summed E-state index contributed by atoms with van der Waals surface area (Å²) in [6, 6.07) is 7.86. The molecule has 1 aromatic carbocycles. The number of rotatable bonds is 9. The van der Waals surface area contributed by atoms with Gasteiger partial charge < -0.3 is 4.74 Å². The van der Waals surface area contributed by atoms with Crippen molar-refractivity contribution in [1.29, 1.82) is 0 Å². The maximum absolute atomic E-state index is 14.5. The lowest BCUT2D eigenvalue weighted by Gasteiger charge is -2.36. The van der Waals surface area contributed by atoms with E-state index >= 15 is 0 Å². The maximum Gasteiger partial charge on any atom is 0.403 e. The van der Waals surface area contributed by atoms with Crippen molar-refractivity contribution in [2.75, 3.05) is 6.61 Å². The molecule has 0 heterocycles. The van der Waals surface area contributed by atoms with E-state index in [0.29, 0.717) is 19.3 Å². The van der Waals surface area contributed by atoms with Crippen molar-refractivity contribution in [3.8, 4) is 0 Å². The second-order valence-corrected chi connectivity index (χ2v) is 9.91. The highest BCUT2D eigenvalue weighted by atomic mass is 32.2. The van der Waals surface area contributed by atoms with Gasteiger partial charge in [0.1, 0.15) is 0 Å². The topological polar surface area (TPSA) is 86.7 Å². The molecule has 168 valence electrons. The number of halogens is 2. The molecule has 0 radical (unpaired) electrons. The Morgan fingerprint density at radius 3 is 2.17 bits per heavy atom. The number of hydrogen-bond acceptors (Lipinski definition) is 6. The molecule has 0 N–H and O–H groups in total. The zero-order valence-electron chi connectivity index (χ0n) is 17.5. The molecule has 2 rings (SSSR count). The Bertz CT molecular complexity index is 859. The molecule has 0 aromatic heterocycles. The predicted octanol–water partition coefficient (Wildman–Crippen LogP) is 4.49. The fourth-order valence-electron chi connectivity index (χ4n) is 3.16. The Morgan fingerprint density at radius 2 is 1.63 bits per heavy atom. The molecule has 30 heavy (non-hydrogen) atoms. The first kappa shape index (κ1) is 24.4. The second kappa shape index (κ2) is 9.09. The van der Waals surface area contributed by atoms with E-state index in [9.17, 15) is 26.8 Å². The third-order valence-corrected chi connectivity index (χ3v) is 6.94. The molecule has 6 nitrogen and oxygen atoms in total. The zero-order valence-corrected chi connectivity index (χ0v) is 18.3. The highest BCUT2D eigenvalue weighted by Crippen LogP contribution is 2.39. The van der Waals surface area contributed by atoms with Gasteiger partial charge >= 0.3 is 21.3 Å². The fraction of sp³-hybridized carbons (Fsp3) is 0.619. The van der Waals surface area contributed by atoms with Gasteiger partial charge in [-0.05, 0) is 33.1 Å². The van der Waals surface area contributed by atoms with Crippen LogP contribution in [-0.2, 0) is 23.8 Å². The molecule has 1 fully saturated rings. The van der Waals surface area contributed by atoms with Crippen LogP contribution in [0.2, 0.25) is 0 Å². The minimum absolute atomic E-state index is 0.0126. The van der Waals surface area contributed by atoms with E-state index in [0.717, 1.165) is 6.42 Å². The first-order chi connectivity index (χ1) is 13.9. The largest absolute Gasteiger partial charge is 0.458 e. The molecule has 0 spiro atoms. The molecule has 0 atom stereocenters. The molecule has 0 aliphatic heterocycles. The molecule has 1 aromatic rings. The average Bonchev–Trinajstić information content (AvgIpc) is 2.72. The predicted molar refractivity (Wildman–Crippen MR) is 107 cm³/mol. The molecule has 1 saturated carbocycles. The van der Waals surface area contributed by atoms with Crippen molar-refractivity contribution in [2.24, 2.45) is 5.41 Å². The summed E-state index contributed by atoms with van der Waals surface area (Å²) in [6.07, 6.45) is 2.04. The number of benzene rings is 1. The summed E-state index contributed by atoms with van der Waals surface area (Å²) in [4.78, 5) is 25.0. The van der Waals surface area contributed by atoms with Crippen LogP contribution < -0.4 is 0 Å². The fourth-order valence-corrected chi connectivity index (χ4v) is 4.14. The lowest BCUT2D eigenvalue weighted by molar-refractivity contribution is -0.160. The molecule has 0 amide bonds. The summed E-state index contributed by atoms with van der Waals surface area (Å²) in [7, 11) is -5.55. The van der Waals surface area contributed by atoms with Crippen molar-refractivity contribution in [3.63, 3.8) is 0 Å². The number of carbonyl (C=O) groups is 2. The van der Waals surface area contributed by atoms with Crippen LogP contribution >= 0.6 is 0 Å². The first-order valence-corrected chi connectivity index (χ1v) is 11.4. The van der Waals surface area contributed by atoms with Gasteiger partial charge in [0.15, 0.2) is 18.0 Å². The average molecular weight is 447 g/mol. The van der Waals surface area contributed by atoms with Crippen molar-refractivity contribution in [1.82, 2.24) is 0 Å². The smallest absolute Gasteiger partial charge is 0.403 e. The Morgan fingerprint density at radius 1 is 1.07 bits per heavy atom. The Kier molecular flexibility index (Phi) is 7.40. The van der Waals surface area contributed by atoms with E-state index in [4.69, 9.17) is 4.18 Å². The first-order valence-electron chi connectivity index (χ1n) is 9.97. The van der Waals surface area contributed by atoms with Crippen molar-refractivity contribution >= 4 is 21.9 Å². The van der Waals surface area contributed by atoms with Gasteiger partial charge in [-0.3, -0.25) is 13.8 Å². The number of hydrogen-bond donors (Lipinski definition) is 0. The molecular weight excluding hydrogens is 418 g/mol. The monoisotopic (exact) mass is 446 g/mol. The van der Waals surface area contributed by atoms with Gasteiger partial charge in [0.25, 0.3) is 0 Å². The van der Waals surface area contributed by atoms with Gasteiger partial charge in [0, 0.05) is 5.56 Å². The Balaban J connectivity index is 2.25. The molecule has 1 aliphatic carbocycles. The molecule has 0 bridgehead atoms. The van der Waals surface area contributed by atoms with Gasteiger partial charge in [0.05, 0.1) is 5.41 Å². The van der Waals surface area contributed by atoms with Crippen LogP contribution in [0.25, 0.3) is 0 Å². The van der Waals surface area contributed by atoms with Crippen LogP contribution in [-0.4, -0.2) is 37.6 Å². The van der Waals surface area contributed by atoms with Crippen LogP contribution in [0.3, 0.4) is 0 Å². The molecule has 0 unspecified atom stereocenters. The number of ether oxygens (including phenoxy) is 1. The van der Waals surface area contributed by atoms with Crippen molar-refractivity contribution < 1.29 is 35.7 Å². The zero-order chi connectivity index (χ0) is 22.6. The lowest BCUT2D eigenvalue weighted by Crippen LogP contribution is -2.49. The molecule has 9 heteroatoms.